The van der Waals surface area contributed by atoms with Crippen LogP contribution in [0.2, 0.25) is 0 Å². The molecule has 0 aliphatic heterocycles. The summed E-state index contributed by atoms with van der Waals surface area (Å²) in [4.78, 5) is 23.0. The first-order chi connectivity index (χ1) is 9.96. The lowest BCUT2D eigenvalue weighted by Gasteiger charge is -1.97. The Balaban J connectivity index is 2.23. The molecule has 7 nitrogen and oxygen atoms in total. The van der Waals surface area contributed by atoms with Gasteiger partial charge in [0.2, 0.25) is 0 Å². The summed E-state index contributed by atoms with van der Waals surface area (Å²) < 4.78 is 18.2. The monoisotopic (exact) mass is 292 g/mol. The topological polar surface area (TPSA) is 71.7 Å². The van der Waals surface area contributed by atoms with Crippen molar-refractivity contribution in [1.82, 2.24) is 9.13 Å². The molecule has 0 aliphatic carbocycles. The van der Waals surface area contributed by atoms with Gasteiger partial charge in [-0.3, -0.25) is 0 Å². The molecule has 7 heteroatoms. The predicted molar refractivity (Wildman–Crippen MR) is 73.6 cm³/mol. The first-order valence-electron chi connectivity index (χ1n) is 6.13. The maximum Gasteiger partial charge on any atom is 0.354 e. The van der Waals surface area contributed by atoms with E-state index in [0.29, 0.717) is 22.9 Å². The lowest BCUT2D eigenvalue weighted by molar-refractivity contribution is 0.0581. The average molecular weight is 292 g/mol. The molecule has 0 atom stereocenters. The third-order valence-electron chi connectivity index (χ3n) is 2.98. The molecule has 2 aromatic rings. The van der Waals surface area contributed by atoms with E-state index in [-0.39, 0.29) is 0 Å². The summed E-state index contributed by atoms with van der Waals surface area (Å²) in [5.74, 6) is 0.0474. The molecule has 0 N–H and O–H groups in total. The van der Waals surface area contributed by atoms with E-state index in [9.17, 15) is 9.59 Å². The Hall–Kier alpha value is -2.70. The normalized spacial score (nSPS) is 10.3. The van der Waals surface area contributed by atoms with E-state index in [2.05, 4.69) is 9.47 Å². The molecule has 2 aromatic heterocycles. The van der Waals surface area contributed by atoms with Crippen molar-refractivity contribution in [3.8, 4) is 11.5 Å². The summed E-state index contributed by atoms with van der Waals surface area (Å²) in [5.41, 5.74) is 0.744. The Labute approximate surface area is 121 Å². The van der Waals surface area contributed by atoms with Gasteiger partial charge in [0.15, 0.2) is 0 Å². The fraction of sp³-hybridized carbons (Fsp3) is 0.286. The first-order valence-corrected chi connectivity index (χ1v) is 6.13. The summed E-state index contributed by atoms with van der Waals surface area (Å²) >= 11 is 0. The fourth-order valence-corrected chi connectivity index (χ4v) is 1.93. The van der Waals surface area contributed by atoms with Gasteiger partial charge in [0.05, 0.1) is 14.2 Å². The van der Waals surface area contributed by atoms with E-state index in [4.69, 9.17) is 4.74 Å². The van der Waals surface area contributed by atoms with Crippen molar-refractivity contribution in [3.63, 3.8) is 0 Å². The number of nitrogens with zero attached hydrogens (tertiary/aromatic N) is 2. The second-order valence-electron chi connectivity index (χ2n) is 4.43. The van der Waals surface area contributed by atoms with Crippen LogP contribution in [0.1, 0.15) is 21.0 Å². The number of hydrogen-bond donors (Lipinski definition) is 0. The number of aromatic nitrogens is 2. The Morgan fingerprint density at radius 2 is 1.24 bits per heavy atom. The summed E-state index contributed by atoms with van der Waals surface area (Å²) in [6, 6.07) is 3.13. The smallest absolute Gasteiger partial charge is 0.354 e. The zero-order valence-corrected chi connectivity index (χ0v) is 12.2. The molecular formula is C14H16N2O5. The standard InChI is InChI=1S/C14H16N2O5/c1-15-7-9(5-11(15)13(17)19-3)21-10-6-12(14(18)20-4)16(2)8-10/h5-8H,1-4H3. The van der Waals surface area contributed by atoms with Gasteiger partial charge in [-0.2, -0.15) is 0 Å². The van der Waals surface area contributed by atoms with Crippen LogP contribution >= 0.6 is 0 Å². The Kier molecular flexibility index (Phi) is 4.02. The minimum atomic E-state index is -0.448. The molecule has 112 valence electrons. The largest absolute Gasteiger partial charge is 0.464 e. The SMILES string of the molecule is COC(=O)c1cc(Oc2cc(C(=O)OC)n(C)c2)cn1C. The molecule has 0 amide bonds. The van der Waals surface area contributed by atoms with Gasteiger partial charge in [0.25, 0.3) is 0 Å². The lowest BCUT2D eigenvalue weighted by Crippen LogP contribution is -2.06. The van der Waals surface area contributed by atoms with Crippen LogP contribution in [0.3, 0.4) is 0 Å². The highest BCUT2D eigenvalue weighted by Crippen LogP contribution is 2.25. The number of aryl methyl sites for hydroxylation is 2. The first kappa shape index (κ1) is 14.7. The molecule has 0 spiro atoms. The molecule has 2 rings (SSSR count). The van der Waals surface area contributed by atoms with Gasteiger partial charge in [-0.15, -0.1) is 0 Å². The van der Waals surface area contributed by atoms with E-state index < -0.39 is 11.9 Å². The van der Waals surface area contributed by atoms with Crippen molar-refractivity contribution in [2.45, 2.75) is 0 Å². The Morgan fingerprint density at radius 3 is 1.57 bits per heavy atom. The molecule has 0 unspecified atom stereocenters. The molecule has 0 saturated carbocycles. The van der Waals surface area contributed by atoms with E-state index >= 15 is 0 Å². The zero-order chi connectivity index (χ0) is 15.6. The van der Waals surface area contributed by atoms with E-state index in [0.717, 1.165) is 0 Å². The highest BCUT2D eigenvalue weighted by Gasteiger charge is 2.16. The maximum absolute atomic E-state index is 11.5. The number of esters is 2. The number of hydrogen-bond acceptors (Lipinski definition) is 5. The van der Waals surface area contributed by atoms with Crippen LogP contribution in [0.25, 0.3) is 0 Å². The summed E-state index contributed by atoms with van der Waals surface area (Å²) in [7, 11) is 6.05. The minimum absolute atomic E-state index is 0.372. The summed E-state index contributed by atoms with van der Waals surface area (Å²) in [6.07, 6.45) is 3.30. The fourth-order valence-electron chi connectivity index (χ4n) is 1.93. The van der Waals surface area contributed by atoms with Gasteiger partial charge in [-0.1, -0.05) is 0 Å². The van der Waals surface area contributed by atoms with Crippen molar-refractivity contribution >= 4 is 11.9 Å². The highest BCUT2D eigenvalue weighted by atomic mass is 16.5. The Morgan fingerprint density at radius 1 is 0.857 bits per heavy atom. The lowest BCUT2D eigenvalue weighted by atomic mass is 10.4. The molecule has 0 saturated heterocycles. The van der Waals surface area contributed by atoms with Crippen molar-refractivity contribution in [1.29, 1.82) is 0 Å². The molecule has 2 heterocycles. The zero-order valence-electron chi connectivity index (χ0n) is 12.2. The number of ether oxygens (including phenoxy) is 3. The van der Waals surface area contributed by atoms with Crippen LogP contribution in [0.4, 0.5) is 0 Å². The van der Waals surface area contributed by atoms with E-state index in [1.807, 2.05) is 0 Å². The van der Waals surface area contributed by atoms with Crippen molar-refractivity contribution in [3.05, 3.63) is 35.9 Å². The Bertz CT molecular complexity index is 625. The maximum atomic E-state index is 11.5. The van der Waals surface area contributed by atoms with Crippen LogP contribution in [0.15, 0.2) is 24.5 Å². The van der Waals surface area contributed by atoms with Crippen LogP contribution in [-0.2, 0) is 23.6 Å². The van der Waals surface area contributed by atoms with Crippen molar-refractivity contribution in [2.75, 3.05) is 14.2 Å². The third-order valence-corrected chi connectivity index (χ3v) is 2.98. The highest BCUT2D eigenvalue weighted by molar-refractivity contribution is 5.89. The van der Waals surface area contributed by atoms with Gasteiger partial charge >= 0.3 is 11.9 Å². The van der Waals surface area contributed by atoms with Gasteiger partial charge < -0.3 is 23.3 Å². The number of carbonyl (C=O) groups is 2. The van der Waals surface area contributed by atoms with E-state index in [1.165, 1.54) is 14.2 Å². The third kappa shape index (κ3) is 2.91. The van der Waals surface area contributed by atoms with Gasteiger partial charge in [-0.25, -0.2) is 9.59 Å². The van der Waals surface area contributed by atoms with Crippen LogP contribution in [-0.4, -0.2) is 35.3 Å². The number of rotatable bonds is 4. The van der Waals surface area contributed by atoms with Gasteiger partial charge in [0.1, 0.15) is 22.9 Å². The minimum Gasteiger partial charge on any atom is -0.464 e. The van der Waals surface area contributed by atoms with Gasteiger partial charge in [0, 0.05) is 38.6 Å². The van der Waals surface area contributed by atoms with Gasteiger partial charge in [-0.05, 0) is 0 Å². The second kappa shape index (κ2) is 5.74. The van der Waals surface area contributed by atoms with Crippen molar-refractivity contribution < 1.29 is 23.8 Å². The van der Waals surface area contributed by atoms with Crippen molar-refractivity contribution in [2.24, 2.45) is 14.1 Å². The summed E-state index contributed by atoms with van der Waals surface area (Å²) in [6.45, 7) is 0. The molecule has 0 aromatic carbocycles. The molecule has 21 heavy (non-hydrogen) atoms. The predicted octanol–water partition coefficient (Wildman–Crippen LogP) is 1.73. The van der Waals surface area contributed by atoms with Crippen LogP contribution in [0.5, 0.6) is 11.5 Å². The quantitative estimate of drug-likeness (QED) is 0.802. The average Bonchev–Trinajstić information content (AvgIpc) is 3.00. The molecular weight excluding hydrogens is 276 g/mol. The number of carbonyl (C=O) groups excluding carboxylic acids is 2. The number of methoxy groups -OCH3 is 2. The van der Waals surface area contributed by atoms with Crippen LogP contribution in [0, 0.1) is 0 Å². The molecule has 0 fully saturated rings. The molecule has 0 radical (unpaired) electrons. The summed E-state index contributed by atoms with van der Waals surface area (Å²) in [5, 5.41) is 0. The molecule has 0 bridgehead atoms. The second-order valence-corrected chi connectivity index (χ2v) is 4.43. The van der Waals surface area contributed by atoms with Crippen LogP contribution < -0.4 is 4.74 Å². The molecule has 0 aliphatic rings. The van der Waals surface area contributed by atoms with E-state index in [1.54, 1.807) is 47.8 Å².